The number of aromatic nitrogens is 5. The number of piperazine rings is 1. The lowest BCUT2D eigenvalue weighted by molar-refractivity contribution is 0.280. The van der Waals surface area contributed by atoms with Crippen molar-refractivity contribution in [2.45, 2.75) is 33.1 Å². The van der Waals surface area contributed by atoms with Gasteiger partial charge in [0.2, 0.25) is 0 Å². The molecule has 3 N–H and O–H groups in total. The standard InChI is InChI=1S/C20H28N8O/c1-3-4-9-29-20-25-18(21)19-24-13-16(28(19)26-20)11-15-12-23-17(10-14(15)2)27-7-5-22-6-8-27/h10,12-13,22H,3-9,11H2,1-2H3,(H2,21,25,26). The number of rotatable bonds is 7. The summed E-state index contributed by atoms with van der Waals surface area (Å²) in [6, 6.07) is 2.44. The molecule has 0 aliphatic carbocycles. The Morgan fingerprint density at radius 3 is 2.79 bits per heavy atom. The number of ether oxygens (including phenoxy) is 1. The van der Waals surface area contributed by atoms with Gasteiger partial charge in [-0.05, 0) is 30.5 Å². The van der Waals surface area contributed by atoms with E-state index < -0.39 is 0 Å². The van der Waals surface area contributed by atoms with Crippen molar-refractivity contribution in [3.8, 4) is 6.01 Å². The quantitative estimate of drug-likeness (QED) is 0.580. The molecule has 0 amide bonds. The van der Waals surface area contributed by atoms with Gasteiger partial charge in [-0.15, -0.1) is 5.10 Å². The Balaban J connectivity index is 1.57. The first-order chi connectivity index (χ1) is 14.2. The summed E-state index contributed by atoms with van der Waals surface area (Å²) in [7, 11) is 0. The second-order valence-electron chi connectivity index (χ2n) is 7.35. The Kier molecular flexibility index (Phi) is 5.75. The van der Waals surface area contributed by atoms with Gasteiger partial charge in [0.05, 0.1) is 18.5 Å². The second-order valence-corrected chi connectivity index (χ2v) is 7.35. The topological polar surface area (TPSA) is 106 Å². The largest absolute Gasteiger partial charge is 0.462 e. The zero-order valence-electron chi connectivity index (χ0n) is 17.1. The van der Waals surface area contributed by atoms with Crippen LogP contribution in [0.15, 0.2) is 18.5 Å². The zero-order valence-corrected chi connectivity index (χ0v) is 17.1. The van der Waals surface area contributed by atoms with E-state index in [-0.39, 0.29) is 6.01 Å². The molecule has 29 heavy (non-hydrogen) atoms. The van der Waals surface area contributed by atoms with Gasteiger partial charge in [0.1, 0.15) is 5.82 Å². The predicted molar refractivity (Wildman–Crippen MR) is 112 cm³/mol. The van der Waals surface area contributed by atoms with E-state index in [4.69, 9.17) is 15.5 Å². The molecule has 9 nitrogen and oxygen atoms in total. The highest BCUT2D eigenvalue weighted by molar-refractivity contribution is 5.60. The smallest absolute Gasteiger partial charge is 0.336 e. The first kappa shape index (κ1) is 19.4. The van der Waals surface area contributed by atoms with Gasteiger partial charge in [0, 0.05) is 38.8 Å². The third kappa shape index (κ3) is 4.24. The fourth-order valence-corrected chi connectivity index (χ4v) is 3.43. The molecule has 1 fully saturated rings. The molecular weight excluding hydrogens is 368 g/mol. The maximum absolute atomic E-state index is 6.06. The number of nitrogens with two attached hydrogens (primary N) is 1. The maximum Gasteiger partial charge on any atom is 0.336 e. The minimum absolute atomic E-state index is 0.284. The summed E-state index contributed by atoms with van der Waals surface area (Å²) in [5.74, 6) is 1.35. The molecule has 0 radical (unpaired) electrons. The first-order valence-corrected chi connectivity index (χ1v) is 10.2. The van der Waals surface area contributed by atoms with E-state index in [0.717, 1.165) is 56.1 Å². The van der Waals surface area contributed by atoms with E-state index in [9.17, 15) is 0 Å². The highest BCUT2D eigenvalue weighted by atomic mass is 16.5. The van der Waals surface area contributed by atoms with Crippen LogP contribution in [0.2, 0.25) is 0 Å². The van der Waals surface area contributed by atoms with Crippen molar-refractivity contribution >= 4 is 17.3 Å². The van der Waals surface area contributed by atoms with Gasteiger partial charge in [-0.25, -0.2) is 14.5 Å². The van der Waals surface area contributed by atoms with Crippen LogP contribution in [0.5, 0.6) is 6.01 Å². The van der Waals surface area contributed by atoms with Crippen LogP contribution in [-0.4, -0.2) is 57.4 Å². The average Bonchev–Trinajstić information content (AvgIpc) is 3.14. The van der Waals surface area contributed by atoms with Gasteiger partial charge in [-0.3, -0.25) is 0 Å². The van der Waals surface area contributed by atoms with Gasteiger partial charge in [0.25, 0.3) is 0 Å². The lowest BCUT2D eigenvalue weighted by atomic mass is 10.1. The van der Waals surface area contributed by atoms with Crippen molar-refractivity contribution < 1.29 is 4.74 Å². The van der Waals surface area contributed by atoms with Gasteiger partial charge in [-0.1, -0.05) is 13.3 Å². The van der Waals surface area contributed by atoms with Crippen LogP contribution in [0.25, 0.3) is 5.65 Å². The van der Waals surface area contributed by atoms with Crippen molar-refractivity contribution in [1.29, 1.82) is 0 Å². The van der Waals surface area contributed by atoms with E-state index in [2.05, 4.69) is 45.2 Å². The molecule has 0 bridgehead atoms. The number of fused-ring (bicyclic) bond motifs is 1. The second kappa shape index (κ2) is 8.60. The van der Waals surface area contributed by atoms with Crippen molar-refractivity contribution in [2.24, 2.45) is 0 Å². The summed E-state index contributed by atoms with van der Waals surface area (Å²) < 4.78 is 7.37. The Morgan fingerprint density at radius 2 is 2.03 bits per heavy atom. The lowest BCUT2D eigenvalue weighted by Crippen LogP contribution is -2.43. The summed E-state index contributed by atoms with van der Waals surface area (Å²) in [4.78, 5) is 15.6. The molecule has 1 saturated heterocycles. The van der Waals surface area contributed by atoms with Gasteiger partial charge >= 0.3 is 6.01 Å². The van der Waals surface area contributed by atoms with E-state index in [0.29, 0.717) is 24.5 Å². The fraction of sp³-hybridized carbons (Fsp3) is 0.500. The number of unbranched alkanes of at least 4 members (excludes halogenated alkanes) is 1. The molecule has 3 aromatic heterocycles. The Bertz CT molecular complexity index is 980. The predicted octanol–water partition coefficient (Wildman–Crippen LogP) is 1.59. The molecule has 4 heterocycles. The molecule has 0 saturated carbocycles. The Hall–Kier alpha value is -2.94. The molecule has 4 rings (SSSR count). The number of anilines is 2. The molecule has 0 atom stereocenters. The van der Waals surface area contributed by atoms with Crippen molar-refractivity contribution in [1.82, 2.24) is 29.9 Å². The minimum atomic E-state index is 0.284. The fourth-order valence-electron chi connectivity index (χ4n) is 3.43. The molecule has 0 unspecified atom stereocenters. The molecular formula is C20H28N8O. The van der Waals surface area contributed by atoms with Gasteiger partial charge in [-0.2, -0.15) is 4.98 Å². The Morgan fingerprint density at radius 1 is 1.21 bits per heavy atom. The number of hydrogen-bond donors (Lipinski definition) is 2. The molecule has 1 aliphatic heterocycles. The van der Waals surface area contributed by atoms with E-state index in [1.54, 1.807) is 10.7 Å². The van der Waals surface area contributed by atoms with Crippen molar-refractivity contribution in [3.63, 3.8) is 0 Å². The Labute approximate surface area is 170 Å². The number of nitrogen functional groups attached to an aromatic ring is 1. The van der Waals surface area contributed by atoms with Crippen LogP contribution < -0.4 is 20.7 Å². The number of nitrogens with one attached hydrogen (secondary N) is 1. The molecule has 154 valence electrons. The van der Waals surface area contributed by atoms with Crippen LogP contribution in [-0.2, 0) is 6.42 Å². The number of imidazole rings is 1. The van der Waals surface area contributed by atoms with Crippen LogP contribution in [0.4, 0.5) is 11.6 Å². The normalized spacial score (nSPS) is 14.5. The van der Waals surface area contributed by atoms with E-state index in [1.807, 2.05) is 6.20 Å². The van der Waals surface area contributed by atoms with E-state index >= 15 is 0 Å². The first-order valence-electron chi connectivity index (χ1n) is 10.2. The van der Waals surface area contributed by atoms with Crippen LogP contribution in [0.3, 0.4) is 0 Å². The summed E-state index contributed by atoms with van der Waals surface area (Å²) >= 11 is 0. The average molecular weight is 396 g/mol. The molecule has 3 aromatic rings. The number of pyridine rings is 1. The molecule has 9 heteroatoms. The number of nitrogens with zero attached hydrogens (tertiary/aromatic N) is 6. The van der Waals surface area contributed by atoms with Crippen LogP contribution >= 0.6 is 0 Å². The molecule has 0 spiro atoms. The summed E-state index contributed by atoms with van der Waals surface area (Å²) in [5, 5.41) is 7.86. The monoisotopic (exact) mass is 396 g/mol. The van der Waals surface area contributed by atoms with Crippen molar-refractivity contribution in [2.75, 3.05) is 43.4 Å². The summed E-state index contributed by atoms with van der Waals surface area (Å²) in [6.45, 7) is 8.75. The summed E-state index contributed by atoms with van der Waals surface area (Å²) in [5.41, 5.74) is 9.87. The highest BCUT2D eigenvalue weighted by Gasteiger charge is 2.15. The third-order valence-corrected chi connectivity index (χ3v) is 5.19. The van der Waals surface area contributed by atoms with E-state index in [1.165, 1.54) is 5.56 Å². The molecule has 0 aromatic carbocycles. The van der Waals surface area contributed by atoms with Crippen molar-refractivity contribution in [3.05, 3.63) is 35.3 Å². The van der Waals surface area contributed by atoms with Crippen LogP contribution in [0, 0.1) is 6.92 Å². The number of aryl methyl sites for hydroxylation is 1. The highest BCUT2D eigenvalue weighted by Crippen LogP contribution is 2.21. The maximum atomic E-state index is 6.06. The third-order valence-electron chi connectivity index (χ3n) is 5.19. The lowest BCUT2D eigenvalue weighted by Gasteiger charge is -2.28. The number of hydrogen-bond acceptors (Lipinski definition) is 8. The van der Waals surface area contributed by atoms with Gasteiger partial charge in [0.15, 0.2) is 11.5 Å². The van der Waals surface area contributed by atoms with Crippen LogP contribution in [0.1, 0.15) is 36.6 Å². The zero-order chi connectivity index (χ0) is 20.2. The summed E-state index contributed by atoms with van der Waals surface area (Å²) in [6.07, 6.45) is 6.40. The minimum Gasteiger partial charge on any atom is -0.462 e. The SMILES string of the molecule is CCCCOc1nc(N)c2ncc(Cc3cnc(N4CCNCC4)cc3C)n2n1. The molecule has 1 aliphatic rings. The van der Waals surface area contributed by atoms with Gasteiger partial charge < -0.3 is 20.7 Å².